The van der Waals surface area contributed by atoms with Gasteiger partial charge >= 0.3 is 0 Å². The fraction of sp³-hybridized carbons (Fsp3) is 0. The zero-order chi connectivity index (χ0) is 46.1. The van der Waals surface area contributed by atoms with Crippen LogP contribution in [-0.2, 0) is 0 Å². The Morgan fingerprint density at radius 2 is 0.571 bits per heavy atom. The van der Waals surface area contributed by atoms with Gasteiger partial charge in [0.1, 0.15) is 0 Å². The summed E-state index contributed by atoms with van der Waals surface area (Å²) in [5, 5.41) is 2.47. The molecule has 0 amide bonds. The standard InChI is InChI=1S/C66H44BN3/c1-5-17-45(18-6-1)49-29-35-53(36-30-49)68-62-41-51(47-21-9-3-10-22-47)33-39-58(62)67-59-40-34-52(48-23-11-4-12-24-48)42-63(59)69(54-37-31-50(32-38-54)46-19-7-2-8-20-46)65-44-55(43-64(68)66(65)67)70-60-27-15-13-25-56(60)57-26-14-16-28-61(57)70/h1-44H. The van der Waals surface area contributed by atoms with Crippen molar-refractivity contribution >= 4 is 79.0 Å². The lowest BCUT2D eigenvalue weighted by atomic mass is 9.33. The zero-order valence-electron chi connectivity index (χ0n) is 38.3. The summed E-state index contributed by atoms with van der Waals surface area (Å²) < 4.78 is 2.48. The van der Waals surface area contributed by atoms with Gasteiger partial charge in [-0.05, 0) is 122 Å². The summed E-state index contributed by atoms with van der Waals surface area (Å²) in [5.74, 6) is 0. The molecular formula is C66H44BN3. The quantitative estimate of drug-likeness (QED) is 0.148. The topological polar surface area (TPSA) is 11.4 Å². The summed E-state index contributed by atoms with van der Waals surface area (Å²) in [4.78, 5) is 5.09. The Balaban J connectivity index is 1.09. The van der Waals surface area contributed by atoms with Crippen LogP contribution in [0.1, 0.15) is 0 Å². The smallest absolute Gasteiger partial charge is 0.252 e. The van der Waals surface area contributed by atoms with Crippen LogP contribution >= 0.6 is 0 Å². The molecule has 0 saturated carbocycles. The van der Waals surface area contributed by atoms with Gasteiger partial charge in [0.2, 0.25) is 0 Å². The highest BCUT2D eigenvalue weighted by molar-refractivity contribution is 7.00. The second-order valence-electron chi connectivity index (χ2n) is 18.5. The Hall–Kier alpha value is -9.12. The van der Waals surface area contributed by atoms with Crippen molar-refractivity contribution in [3.63, 3.8) is 0 Å². The molecule has 326 valence electrons. The summed E-state index contributed by atoms with van der Waals surface area (Å²) in [7, 11) is 0. The van der Waals surface area contributed by atoms with E-state index in [0.717, 1.165) is 28.4 Å². The van der Waals surface area contributed by atoms with E-state index in [1.54, 1.807) is 0 Å². The molecule has 3 heterocycles. The van der Waals surface area contributed by atoms with Gasteiger partial charge in [-0.2, -0.15) is 0 Å². The van der Waals surface area contributed by atoms with Gasteiger partial charge < -0.3 is 14.4 Å². The van der Waals surface area contributed by atoms with Gasteiger partial charge in [0.05, 0.1) is 16.7 Å². The first-order chi connectivity index (χ1) is 34.7. The fourth-order valence-corrected chi connectivity index (χ4v) is 11.3. The summed E-state index contributed by atoms with van der Waals surface area (Å²) in [6.07, 6.45) is 0. The van der Waals surface area contributed by atoms with Crippen molar-refractivity contribution in [1.82, 2.24) is 4.57 Å². The third-order valence-corrected chi connectivity index (χ3v) is 14.6. The molecule has 0 spiro atoms. The second-order valence-corrected chi connectivity index (χ2v) is 18.5. The molecule has 70 heavy (non-hydrogen) atoms. The van der Waals surface area contributed by atoms with Crippen LogP contribution in [0.3, 0.4) is 0 Å². The summed E-state index contributed by atoms with van der Waals surface area (Å²) in [5.41, 5.74) is 23.7. The van der Waals surface area contributed by atoms with E-state index >= 15 is 0 Å². The van der Waals surface area contributed by atoms with E-state index in [0.29, 0.717) is 0 Å². The van der Waals surface area contributed by atoms with Gasteiger partial charge in [0.25, 0.3) is 6.71 Å². The van der Waals surface area contributed by atoms with Crippen molar-refractivity contribution in [2.24, 2.45) is 0 Å². The number of para-hydroxylation sites is 2. The zero-order valence-corrected chi connectivity index (χ0v) is 38.3. The molecule has 12 aromatic rings. The minimum absolute atomic E-state index is 0.0588. The molecule has 11 aromatic carbocycles. The number of aromatic nitrogens is 1. The lowest BCUT2D eigenvalue weighted by Gasteiger charge is -2.44. The van der Waals surface area contributed by atoms with E-state index in [-0.39, 0.29) is 6.71 Å². The third kappa shape index (κ3) is 6.45. The fourth-order valence-electron chi connectivity index (χ4n) is 11.3. The van der Waals surface area contributed by atoms with Crippen molar-refractivity contribution in [3.8, 4) is 50.2 Å². The molecule has 3 nitrogen and oxygen atoms in total. The first kappa shape index (κ1) is 40.0. The van der Waals surface area contributed by atoms with E-state index in [1.165, 1.54) is 94.1 Å². The van der Waals surface area contributed by atoms with Gasteiger partial charge in [-0.3, -0.25) is 0 Å². The number of anilines is 6. The molecule has 0 radical (unpaired) electrons. The molecule has 0 aliphatic carbocycles. The van der Waals surface area contributed by atoms with E-state index < -0.39 is 0 Å². The first-order valence-electron chi connectivity index (χ1n) is 24.2. The minimum Gasteiger partial charge on any atom is -0.311 e. The van der Waals surface area contributed by atoms with E-state index in [9.17, 15) is 0 Å². The molecule has 14 rings (SSSR count). The van der Waals surface area contributed by atoms with Crippen molar-refractivity contribution in [2.75, 3.05) is 9.80 Å². The molecule has 0 N–H and O–H groups in total. The molecule has 2 aliphatic rings. The maximum atomic E-state index is 2.54. The SMILES string of the molecule is c1ccc(-c2ccc(N3c4cc(-c5ccccc5)ccc4B4c5ccc(-c6ccccc6)cc5N(c5ccc(-c6ccccc6)cc5)c5cc(-n6c7ccccc7c7ccccc76)cc3c54)cc2)cc1. The summed E-state index contributed by atoms with van der Waals surface area (Å²) in [6, 6.07) is 98.3. The second kappa shape index (κ2) is 16.3. The number of hydrogen-bond donors (Lipinski definition) is 0. The predicted molar refractivity (Wildman–Crippen MR) is 297 cm³/mol. The number of nitrogens with zero attached hydrogens (tertiary/aromatic N) is 3. The average molecular weight is 890 g/mol. The Labute approximate surface area is 408 Å². The highest BCUT2D eigenvalue weighted by atomic mass is 15.2. The van der Waals surface area contributed by atoms with Crippen LogP contribution in [0.25, 0.3) is 72.0 Å². The summed E-state index contributed by atoms with van der Waals surface area (Å²) >= 11 is 0. The highest BCUT2D eigenvalue weighted by Gasteiger charge is 2.44. The number of benzene rings is 11. The van der Waals surface area contributed by atoms with Crippen LogP contribution in [-0.4, -0.2) is 11.3 Å². The van der Waals surface area contributed by atoms with Crippen LogP contribution < -0.4 is 26.2 Å². The van der Waals surface area contributed by atoms with Crippen LogP contribution in [0, 0.1) is 0 Å². The molecule has 0 atom stereocenters. The molecule has 0 fully saturated rings. The van der Waals surface area contributed by atoms with Gasteiger partial charge in [0, 0.05) is 44.9 Å². The van der Waals surface area contributed by atoms with Gasteiger partial charge in [-0.1, -0.05) is 206 Å². The number of hydrogen-bond acceptors (Lipinski definition) is 2. The van der Waals surface area contributed by atoms with Crippen LogP contribution in [0.15, 0.2) is 267 Å². The Bertz CT molecular complexity index is 3670. The van der Waals surface area contributed by atoms with E-state index in [2.05, 4.69) is 281 Å². The van der Waals surface area contributed by atoms with Crippen molar-refractivity contribution in [3.05, 3.63) is 267 Å². The monoisotopic (exact) mass is 889 g/mol. The normalized spacial score (nSPS) is 12.5. The Kier molecular flexibility index (Phi) is 9.31. The maximum Gasteiger partial charge on any atom is 0.252 e. The van der Waals surface area contributed by atoms with E-state index in [4.69, 9.17) is 0 Å². The van der Waals surface area contributed by atoms with Crippen LogP contribution in [0.4, 0.5) is 34.1 Å². The lowest BCUT2D eigenvalue weighted by molar-refractivity contribution is 1.16. The average Bonchev–Trinajstić information content (AvgIpc) is 3.78. The predicted octanol–water partition coefficient (Wildman–Crippen LogP) is 15.5. The molecule has 1 aromatic heterocycles. The van der Waals surface area contributed by atoms with Crippen LogP contribution in [0.5, 0.6) is 0 Å². The van der Waals surface area contributed by atoms with Crippen molar-refractivity contribution in [2.45, 2.75) is 0 Å². The minimum atomic E-state index is -0.0588. The van der Waals surface area contributed by atoms with Gasteiger partial charge in [-0.15, -0.1) is 0 Å². The van der Waals surface area contributed by atoms with Gasteiger partial charge in [0.15, 0.2) is 0 Å². The largest absolute Gasteiger partial charge is 0.311 e. The maximum absolute atomic E-state index is 2.54. The van der Waals surface area contributed by atoms with Gasteiger partial charge in [-0.25, -0.2) is 0 Å². The first-order valence-corrected chi connectivity index (χ1v) is 24.2. The third-order valence-electron chi connectivity index (χ3n) is 14.6. The molecule has 0 saturated heterocycles. The highest BCUT2D eigenvalue weighted by Crippen LogP contribution is 2.48. The van der Waals surface area contributed by atoms with Crippen LogP contribution in [0.2, 0.25) is 0 Å². The Morgan fingerprint density at radius 3 is 0.971 bits per heavy atom. The van der Waals surface area contributed by atoms with Crippen molar-refractivity contribution < 1.29 is 0 Å². The number of rotatable bonds is 7. The van der Waals surface area contributed by atoms with E-state index in [1.807, 2.05) is 0 Å². The molecule has 0 bridgehead atoms. The Morgan fingerprint density at radius 1 is 0.243 bits per heavy atom. The number of fused-ring (bicyclic) bond motifs is 7. The molecule has 0 unspecified atom stereocenters. The molecular weight excluding hydrogens is 846 g/mol. The molecule has 2 aliphatic heterocycles. The molecule has 4 heteroatoms. The lowest BCUT2D eigenvalue weighted by Crippen LogP contribution is -2.61. The van der Waals surface area contributed by atoms with Crippen molar-refractivity contribution in [1.29, 1.82) is 0 Å². The summed E-state index contributed by atoms with van der Waals surface area (Å²) in [6.45, 7) is -0.0588.